The van der Waals surface area contributed by atoms with Crippen LogP contribution < -0.4 is 5.73 Å². The van der Waals surface area contributed by atoms with Crippen molar-refractivity contribution >= 4 is 26.6 Å². The largest absolute Gasteiger partial charge is 0.439 e. The van der Waals surface area contributed by atoms with Crippen LogP contribution in [0.1, 0.15) is 19.7 Å². The highest BCUT2D eigenvalue weighted by atomic mass is 32.2. The van der Waals surface area contributed by atoms with Crippen molar-refractivity contribution in [2.75, 3.05) is 11.5 Å². The third kappa shape index (κ3) is 2.81. The number of nitrogens with two attached hydrogens (primary N) is 1. The number of hydrogen-bond donors (Lipinski definition) is 1. The van der Waals surface area contributed by atoms with Gasteiger partial charge in [0.15, 0.2) is 15.4 Å². The Labute approximate surface area is 106 Å². The van der Waals surface area contributed by atoms with E-state index in [4.69, 9.17) is 10.2 Å². The van der Waals surface area contributed by atoms with Gasteiger partial charge in [-0.3, -0.25) is 0 Å². The van der Waals surface area contributed by atoms with Crippen LogP contribution >= 0.6 is 0 Å². The summed E-state index contributed by atoms with van der Waals surface area (Å²) in [7, 11) is -3.19. The topological polar surface area (TPSA) is 86.2 Å². The van der Waals surface area contributed by atoms with Gasteiger partial charge in [-0.15, -0.1) is 0 Å². The summed E-state index contributed by atoms with van der Waals surface area (Å²) in [5.41, 5.74) is 7.27. The molecular formula is C12H16N2O3S. The number of anilines is 1. The Hall–Kier alpha value is -1.56. The third-order valence-corrected chi connectivity index (χ3v) is 4.29. The molecule has 2 N–H and O–H groups in total. The number of hydrogen-bond acceptors (Lipinski definition) is 5. The predicted octanol–water partition coefficient (Wildman–Crippen LogP) is 1.98. The fourth-order valence-corrected chi connectivity index (χ4v) is 3.47. The SMILES string of the molecule is CC(C)CS(=O)(=O)Cc1nc2c(N)cccc2o1. The standard InChI is InChI=1S/C12H16N2O3S/c1-8(2)6-18(15,16)7-11-14-12-9(13)4-3-5-10(12)17-11/h3-5,8H,6-7,13H2,1-2H3. The lowest BCUT2D eigenvalue weighted by atomic mass is 10.3. The van der Waals surface area contributed by atoms with E-state index in [2.05, 4.69) is 4.98 Å². The third-order valence-electron chi connectivity index (χ3n) is 2.43. The van der Waals surface area contributed by atoms with Crippen molar-refractivity contribution in [1.29, 1.82) is 0 Å². The minimum absolute atomic E-state index is 0.0875. The molecule has 1 heterocycles. The number of nitrogens with zero attached hydrogens (tertiary/aromatic N) is 1. The first kappa shape index (κ1) is 12.9. The summed E-state index contributed by atoms with van der Waals surface area (Å²) in [4.78, 5) is 4.13. The molecule has 0 fully saturated rings. The maximum atomic E-state index is 11.8. The molecule has 0 bridgehead atoms. The summed E-state index contributed by atoms with van der Waals surface area (Å²) in [5, 5.41) is 0. The van der Waals surface area contributed by atoms with Crippen LogP contribution in [0.15, 0.2) is 22.6 Å². The summed E-state index contributed by atoms with van der Waals surface area (Å²) < 4.78 is 29.1. The predicted molar refractivity (Wildman–Crippen MR) is 70.8 cm³/mol. The van der Waals surface area contributed by atoms with Crippen molar-refractivity contribution in [1.82, 2.24) is 4.98 Å². The number of para-hydroxylation sites is 1. The van der Waals surface area contributed by atoms with Gasteiger partial charge in [-0.1, -0.05) is 19.9 Å². The second-order valence-corrected chi connectivity index (χ2v) is 6.86. The number of oxazole rings is 1. The van der Waals surface area contributed by atoms with Crippen LogP contribution in [0.2, 0.25) is 0 Å². The molecule has 2 rings (SSSR count). The number of rotatable bonds is 4. The lowest BCUT2D eigenvalue weighted by Crippen LogP contribution is -2.13. The second-order valence-electron chi connectivity index (χ2n) is 4.75. The van der Waals surface area contributed by atoms with Crippen LogP contribution in [-0.4, -0.2) is 19.2 Å². The number of aromatic nitrogens is 1. The van der Waals surface area contributed by atoms with E-state index >= 15 is 0 Å². The van der Waals surface area contributed by atoms with E-state index in [9.17, 15) is 8.42 Å². The average Bonchev–Trinajstić information content (AvgIpc) is 2.58. The lowest BCUT2D eigenvalue weighted by Gasteiger charge is -2.03. The van der Waals surface area contributed by atoms with Gasteiger partial charge in [-0.05, 0) is 18.1 Å². The first-order valence-corrected chi connectivity index (χ1v) is 7.54. The first-order valence-electron chi connectivity index (χ1n) is 5.72. The molecule has 5 nitrogen and oxygen atoms in total. The molecule has 0 aliphatic heterocycles. The van der Waals surface area contributed by atoms with Crippen molar-refractivity contribution in [3.8, 4) is 0 Å². The number of nitrogen functional groups attached to an aromatic ring is 1. The Balaban J connectivity index is 2.30. The highest BCUT2D eigenvalue weighted by Crippen LogP contribution is 2.22. The Morgan fingerprint density at radius 1 is 1.39 bits per heavy atom. The van der Waals surface area contributed by atoms with Gasteiger partial charge in [-0.2, -0.15) is 0 Å². The molecular weight excluding hydrogens is 252 g/mol. The van der Waals surface area contributed by atoms with Crippen LogP contribution in [0, 0.1) is 5.92 Å². The zero-order chi connectivity index (χ0) is 13.3. The normalized spacial score (nSPS) is 12.4. The van der Waals surface area contributed by atoms with Gasteiger partial charge < -0.3 is 10.2 Å². The second kappa shape index (κ2) is 4.61. The van der Waals surface area contributed by atoms with E-state index in [1.54, 1.807) is 18.2 Å². The average molecular weight is 268 g/mol. The molecule has 0 atom stereocenters. The van der Waals surface area contributed by atoms with E-state index in [0.29, 0.717) is 16.8 Å². The van der Waals surface area contributed by atoms with Crippen LogP contribution in [-0.2, 0) is 15.6 Å². The maximum Gasteiger partial charge on any atom is 0.210 e. The number of sulfone groups is 1. The van der Waals surface area contributed by atoms with Gasteiger partial charge in [0, 0.05) is 0 Å². The minimum Gasteiger partial charge on any atom is -0.439 e. The van der Waals surface area contributed by atoms with Crippen LogP contribution in [0.5, 0.6) is 0 Å². The summed E-state index contributed by atoms with van der Waals surface area (Å²) >= 11 is 0. The lowest BCUT2D eigenvalue weighted by molar-refractivity contribution is 0.536. The molecule has 1 aromatic carbocycles. The summed E-state index contributed by atoms with van der Waals surface area (Å²) in [6.07, 6.45) is 0. The molecule has 18 heavy (non-hydrogen) atoms. The van der Waals surface area contributed by atoms with Crippen LogP contribution in [0.3, 0.4) is 0 Å². The van der Waals surface area contributed by atoms with Crippen molar-refractivity contribution in [3.63, 3.8) is 0 Å². The Morgan fingerprint density at radius 2 is 2.11 bits per heavy atom. The molecule has 0 spiro atoms. The van der Waals surface area contributed by atoms with Crippen molar-refractivity contribution in [2.24, 2.45) is 5.92 Å². The molecule has 0 saturated carbocycles. The van der Waals surface area contributed by atoms with Crippen LogP contribution in [0.4, 0.5) is 5.69 Å². The number of benzene rings is 1. The van der Waals surface area contributed by atoms with E-state index < -0.39 is 9.84 Å². The highest BCUT2D eigenvalue weighted by molar-refractivity contribution is 7.90. The van der Waals surface area contributed by atoms with Gasteiger partial charge in [0.25, 0.3) is 0 Å². The fraction of sp³-hybridized carbons (Fsp3) is 0.417. The molecule has 0 saturated heterocycles. The van der Waals surface area contributed by atoms with Crippen molar-refractivity contribution < 1.29 is 12.8 Å². The smallest absolute Gasteiger partial charge is 0.210 e. The maximum absolute atomic E-state index is 11.8. The van der Waals surface area contributed by atoms with E-state index in [0.717, 1.165) is 0 Å². The summed E-state index contributed by atoms with van der Waals surface area (Å²) in [6.45, 7) is 3.73. The fourth-order valence-electron chi connectivity index (χ4n) is 1.83. The molecule has 2 aromatic rings. The molecule has 0 unspecified atom stereocenters. The molecule has 0 radical (unpaired) electrons. The molecule has 6 heteroatoms. The highest BCUT2D eigenvalue weighted by Gasteiger charge is 2.18. The summed E-state index contributed by atoms with van der Waals surface area (Å²) in [5.74, 6) is 0.230. The zero-order valence-electron chi connectivity index (χ0n) is 10.4. The van der Waals surface area contributed by atoms with Gasteiger partial charge in [-0.25, -0.2) is 13.4 Å². The van der Waals surface area contributed by atoms with E-state index in [1.165, 1.54) is 0 Å². The zero-order valence-corrected chi connectivity index (χ0v) is 11.2. The Morgan fingerprint density at radius 3 is 2.72 bits per heavy atom. The van der Waals surface area contributed by atoms with Gasteiger partial charge in [0.1, 0.15) is 11.3 Å². The Kier molecular flexibility index (Phi) is 3.30. The molecule has 0 aliphatic carbocycles. The first-order chi connectivity index (χ1) is 8.37. The van der Waals surface area contributed by atoms with E-state index in [1.807, 2.05) is 13.8 Å². The molecule has 0 amide bonds. The van der Waals surface area contributed by atoms with E-state index in [-0.39, 0.29) is 23.3 Å². The summed E-state index contributed by atoms with van der Waals surface area (Å²) in [6, 6.07) is 5.17. The van der Waals surface area contributed by atoms with Crippen LogP contribution in [0.25, 0.3) is 11.1 Å². The number of fused-ring (bicyclic) bond motifs is 1. The van der Waals surface area contributed by atoms with Crippen molar-refractivity contribution in [3.05, 3.63) is 24.1 Å². The molecule has 1 aromatic heterocycles. The van der Waals surface area contributed by atoms with Gasteiger partial charge in [0.2, 0.25) is 5.89 Å². The minimum atomic E-state index is -3.19. The molecule has 98 valence electrons. The Bertz CT molecular complexity index is 659. The molecule has 0 aliphatic rings. The monoisotopic (exact) mass is 268 g/mol. The van der Waals surface area contributed by atoms with Crippen molar-refractivity contribution in [2.45, 2.75) is 19.6 Å². The van der Waals surface area contributed by atoms with Gasteiger partial charge in [0.05, 0.1) is 11.4 Å². The van der Waals surface area contributed by atoms with Gasteiger partial charge >= 0.3 is 0 Å². The quantitative estimate of drug-likeness (QED) is 0.857.